The molecule has 0 aliphatic carbocycles. The van der Waals surface area contributed by atoms with Crippen LogP contribution in [0.25, 0.3) is 0 Å². The first-order valence-corrected chi connectivity index (χ1v) is 8.86. The molecule has 0 spiro atoms. The average molecular weight is 373 g/mol. The van der Waals surface area contributed by atoms with E-state index in [1.165, 1.54) is 0 Å². The minimum atomic E-state index is -0.280. The number of aromatic nitrogens is 1. The summed E-state index contributed by atoms with van der Waals surface area (Å²) in [4.78, 5) is 32.0. The number of aryl methyl sites for hydroxylation is 1. The standard InChI is InChI=1S/C19H21ClN4O2/c1-13-3-4-15(11-17(13)20)22-19(26)18-6-5-16(12-21-18)24-9-7-23(8-10-24)14(2)25/h3-6,11-12H,7-10H2,1-2H3,(H,22,26). The third-order valence-electron chi connectivity index (χ3n) is 4.50. The second kappa shape index (κ2) is 7.74. The Labute approximate surface area is 157 Å². The third kappa shape index (κ3) is 4.14. The van der Waals surface area contributed by atoms with Gasteiger partial charge in [0.25, 0.3) is 5.91 Å². The summed E-state index contributed by atoms with van der Waals surface area (Å²) < 4.78 is 0. The van der Waals surface area contributed by atoms with Gasteiger partial charge in [0.15, 0.2) is 0 Å². The summed E-state index contributed by atoms with van der Waals surface area (Å²) in [6.45, 7) is 6.41. The van der Waals surface area contributed by atoms with Gasteiger partial charge in [-0.1, -0.05) is 17.7 Å². The van der Waals surface area contributed by atoms with Gasteiger partial charge in [-0.3, -0.25) is 9.59 Å². The van der Waals surface area contributed by atoms with Gasteiger partial charge in [-0.2, -0.15) is 0 Å². The minimum absolute atomic E-state index is 0.103. The van der Waals surface area contributed by atoms with Crippen molar-refractivity contribution in [2.75, 3.05) is 36.4 Å². The normalized spacial score (nSPS) is 14.3. The van der Waals surface area contributed by atoms with Crippen LogP contribution in [0.1, 0.15) is 23.0 Å². The zero-order valence-corrected chi connectivity index (χ0v) is 15.6. The third-order valence-corrected chi connectivity index (χ3v) is 4.91. The van der Waals surface area contributed by atoms with Crippen molar-refractivity contribution in [3.8, 4) is 0 Å². The number of nitrogens with zero attached hydrogens (tertiary/aromatic N) is 3. The molecule has 2 aromatic rings. The van der Waals surface area contributed by atoms with Crippen molar-refractivity contribution in [1.29, 1.82) is 0 Å². The number of halogens is 1. The molecule has 2 amide bonds. The number of hydrogen-bond donors (Lipinski definition) is 1. The van der Waals surface area contributed by atoms with E-state index in [0.717, 1.165) is 24.3 Å². The SMILES string of the molecule is CC(=O)N1CCN(c2ccc(C(=O)Nc3ccc(C)c(Cl)c3)nc2)CC1. The number of benzene rings is 1. The summed E-state index contributed by atoms with van der Waals surface area (Å²) in [5.74, 6) is -0.177. The Kier molecular flexibility index (Phi) is 5.42. The van der Waals surface area contributed by atoms with Gasteiger partial charge in [-0.25, -0.2) is 4.98 Å². The van der Waals surface area contributed by atoms with Crippen LogP contribution in [0, 0.1) is 6.92 Å². The van der Waals surface area contributed by atoms with E-state index >= 15 is 0 Å². The lowest BCUT2D eigenvalue weighted by Crippen LogP contribution is -2.48. The zero-order valence-electron chi connectivity index (χ0n) is 14.8. The molecule has 7 heteroatoms. The van der Waals surface area contributed by atoms with Crippen LogP contribution in [0.2, 0.25) is 5.02 Å². The molecule has 6 nitrogen and oxygen atoms in total. The Morgan fingerprint density at radius 3 is 2.42 bits per heavy atom. The van der Waals surface area contributed by atoms with Gasteiger partial charge in [0, 0.05) is 43.8 Å². The first-order chi connectivity index (χ1) is 12.4. The maximum Gasteiger partial charge on any atom is 0.274 e. The van der Waals surface area contributed by atoms with E-state index in [-0.39, 0.29) is 11.8 Å². The van der Waals surface area contributed by atoms with Crippen molar-refractivity contribution in [2.45, 2.75) is 13.8 Å². The molecule has 3 rings (SSSR count). The van der Waals surface area contributed by atoms with Crippen molar-refractivity contribution in [3.63, 3.8) is 0 Å². The van der Waals surface area contributed by atoms with Crippen LogP contribution in [0.15, 0.2) is 36.5 Å². The van der Waals surface area contributed by atoms with Crippen molar-refractivity contribution in [1.82, 2.24) is 9.88 Å². The fraction of sp³-hybridized carbons (Fsp3) is 0.316. The van der Waals surface area contributed by atoms with E-state index in [2.05, 4.69) is 15.2 Å². The molecule has 1 aliphatic rings. The fourth-order valence-corrected chi connectivity index (χ4v) is 3.03. The second-order valence-electron chi connectivity index (χ2n) is 6.31. The number of amides is 2. The molecule has 0 saturated carbocycles. The van der Waals surface area contributed by atoms with E-state index < -0.39 is 0 Å². The lowest BCUT2D eigenvalue weighted by atomic mass is 10.2. The van der Waals surface area contributed by atoms with E-state index in [4.69, 9.17) is 11.6 Å². The topological polar surface area (TPSA) is 65.5 Å². The fourth-order valence-electron chi connectivity index (χ4n) is 2.85. The first kappa shape index (κ1) is 18.2. The molecular weight excluding hydrogens is 352 g/mol. The smallest absolute Gasteiger partial charge is 0.274 e. The number of rotatable bonds is 3. The average Bonchev–Trinajstić information content (AvgIpc) is 2.65. The van der Waals surface area contributed by atoms with Gasteiger partial charge in [-0.15, -0.1) is 0 Å². The van der Waals surface area contributed by atoms with Gasteiger partial charge in [0.2, 0.25) is 5.91 Å². The minimum Gasteiger partial charge on any atom is -0.367 e. The summed E-state index contributed by atoms with van der Waals surface area (Å²) in [5.41, 5.74) is 2.88. The summed E-state index contributed by atoms with van der Waals surface area (Å²) >= 11 is 6.08. The highest BCUT2D eigenvalue weighted by molar-refractivity contribution is 6.31. The highest BCUT2D eigenvalue weighted by atomic mass is 35.5. The van der Waals surface area contributed by atoms with Gasteiger partial charge < -0.3 is 15.1 Å². The quantitative estimate of drug-likeness (QED) is 0.899. The van der Waals surface area contributed by atoms with Gasteiger partial charge in [-0.05, 0) is 36.8 Å². The Morgan fingerprint density at radius 1 is 1.12 bits per heavy atom. The number of pyridine rings is 1. The van der Waals surface area contributed by atoms with Crippen molar-refractivity contribution >= 4 is 34.8 Å². The number of piperazine rings is 1. The molecule has 0 unspecified atom stereocenters. The predicted octanol–water partition coefficient (Wildman–Crippen LogP) is 2.96. The number of nitrogens with one attached hydrogen (secondary N) is 1. The van der Waals surface area contributed by atoms with Crippen LogP contribution in [0.4, 0.5) is 11.4 Å². The summed E-state index contributed by atoms with van der Waals surface area (Å²) in [5, 5.41) is 3.41. The molecule has 1 aromatic heterocycles. The Bertz CT molecular complexity index is 815. The van der Waals surface area contributed by atoms with E-state index in [0.29, 0.717) is 29.5 Å². The second-order valence-corrected chi connectivity index (χ2v) is 6.72. The summed E-state index contributed by atoms with van der Waals surface area (Å²) in [6, 6.07) is 8.97. The van der Waals surface area contributed by atoms with E-state index in [1.54, 1.807) is 25.3 Å². The lowest BCUT2D eigenvalue weighted by Gasteiger charge is -2.35. The maximum absolute atomic E-state index is 12.3. The van der Waals surface area contributed by atoms with Crippen molar-refractivity contribution in [3.05, 3.63) is 52.8 Å². The number of anilines is 2. The van der Waals surface area contributed by atoms with Crippen LogP contribution in [0.5, 0.6) is 0 Å². The predicted molar refractivity (Wildman–Crippen MR) is 103 cm³/mol. The molecule has 26 heavy (non-hydrogen) atoms. The van der Waals surface area contributed by atoms with Gasteiger partial charge >= 0.3 is 0 Å². The van der Waals surface area contributed by atoms with Crippen LogP contribution in [0.3, 0.4) is 0 Å². The molecule has 2 heterocycles. The molecule has 1 fully saturated rings. The summed E-state index contributed by atoms with van der Waals surface area (Å²) in [6.07, 6.45) is 1.69. The molecular formula is C19H21ClN4O2. The largest absolute Gasteiger partial charge is 0.367 e. The molecule has 0 radical (unpaired) electrons. The maximum atomic E-state index is 12.3. The molecule has 0 bridgehead atoms. The monoisotopic (exact) mass is 372 g/mol. The highest BCUT2D eigenvalue weighted by Gasteiger charge is 2.19. The first-order valence-electron chi connectivity index (χ1n) is 8.48. The molecule has 136 valence electrons. The number of hydrogen-bond acceptors (Lipinski definition) is 4. The Morgan fingerprint density at radius 2 is 1.85 bits per heavy atom. The number of carbonyl (C=O) groups is 2. The van der Waals surface area contributed by atoms with Crippen LogP contribution in [-0.2, 0) is 4.79 Å². The molecule has 0 atom stereocenters. The zero-order chi connectivity index (χ0) is 18.7. The van der Waals surface area contributed by atoms with Crippen molar-refractivity contribution in [2.24, 2.45) is 0 Å². The van der Waals surface area contributed by atoms with Crippen LogP contribution in [-0.4, -0.2) is 47.9 Å². The Hall–Kier alpha value is -2.60. The van der Waals surface area contributed by atoms with E-state index in [9.17, 15) is 9.59 Å². The van der Waals surface area contributed by atoms with E-state index in [1.807, 2.05) is 30.0 Å². The molecule has 1 saturated heterocycles. The van der Waals surface area contributed by atoms with Crippen LogP contribution < -0.4 is 10.2 Å². The van der Waals surface area contributed by atoms with Gasteiger partial charge in [0.1, 0.15) is 5.69 Å². The molecule has 1 N–H and O–H groups in total. The Balaban J connectivity index is 1.63. The van der Waals surface area contributed by atoms with Crippen LogP contribution >= 0.6 is 11.6 Å². The van der Waals surface area contributed by atoms with Gasteiger partial charge in [0.05, 0.1) is 11.9 Å². The lowest BCUT2D eigenvalue weighted by molar-refractivity contribution is -0.129. The highest BCUT2D eigenvalue weighted by Crippen LogP contribution is 2.21. The summed E-state index contributed by atoms with van der Waals surface area (Å²) in [7, 11) is 0. The molecule has 1 aromatic carbocycles. The number of carbonyl (C=O) groups excluding carboxylic acids is 2. The molecule has 1 aliphatic heterocycles. The van der Waals surface area contributed by atoms with Crippen molar-refractivity contribution < 1.29 is 9.59 Å².